The second-order valence-corrected chi connectivity index (χ2v) is 11.9. The molecule has 12 heteroatoms. The number of nitrogens with one attached hydrogen (secondary N) is 3. The van der Waals surface area contributed by atoms with E-state index in [2.05, 4.69) is 25.6 Å². The van der Waals surface area contributed by atoms with Gasteiger partial charge in [-0.15, -0.1) is 0 Å². The van der Waals surface area contributed by atoms with Crippen LogP contribution in [0, 0.1) is 0 Å². The van der Waals surface area contributed by atoms with Crippen LogP contribution in [0.2, 0.25) is 5.02 Å². The van der Waals surface area contributed by atoms with Crippen molar-refractivity contribution in [1.29, 1.82) is 0 Å². The number of carbonyl (C=O) groups is 2. The smallest absolute Gasteiger partial charge is 0.411 e. The Labute approximate surface area is 236 Å². The molecule has 0 radical (unpaired) electrons. The van der Waals surface area contributed by atoms with Crippen LogP contribution in [0.15, 0.2) is 36.7 Å². The van der Waals surface area contributed by atoms with Crippen molar-refractivity contribution in [2.45, 2.75) is 82.5 Å². The maximum atomic E-state index is 14.3. The molecule has 1 saturated carbocycles. The third-order valence-electron chi connectivity index (χ3n) is 7.14. The van der Waals surface area contributed by atoms with Crippen LogP contribution in [-0.4, -0.2) is 68.0 Å². The van der Waals surface area contributed by atoms with E-state index in [0.29, 0.717) is 29.5 Å². The number of benzene rings is 1. The fourth-order valence-corrected chi connectivity index (χ4v) is 5.58. The van der Waals surface area contributed by atoms with E-state index in [9.17, 15) is 18.4 Å². The Kier molecular flexibility index (Phi) is 7.60. The van der Waals surface area contributed by atoms with E-state index in [1.54, 1.807) is 27.0 Å². The molecule has 1 aliphatic carbocycles. The van der Waals surface area contributed by atoms with Gasteiger partial charge in [0, 0.05) is 41.2 Å². The monoisotopic (exact) mass is 574 g/mol. The minimum atomic E-state index is -3.16. The van der Waals surface area contributed by atoms with Crippen molar-refractivity contribution in [2.24, 2.45) is 0 Å². The summed E-state index contributed by atoms with van der Waals surface area (Å²) in [6.45, 7) is 4.10. The maximum Gasteiger partial charge on any atom is 0.411 e. The minimum absolute atomic E-state index is 0.0528. The third-order valence-corrected chi connectivity index (χ3v) is 7.42. The van der Waals surface area contributed by atoms with E-state index in [-0.39, 0.29) is 12.1 Å². The topological polar surface area (TPSA) is 112 Å². The number of aromatic amines is 1. The predicted octanol–water partition coefficient (Wildman–Crippen LogP) is 5.76. The molecule has 2 aromatic heterocycles. The normalized spacial score (nSPS) is 22.8. The first-order valence-electron chi connectivity index (χ1n) is 13.4. The highest BCUT2D eigenvalue weighted by Crippen LogP contribution is 2.35. The number of nitrogens with zero attached hydrogens (tertiary/aromatic N) is 3. The quantitative estimate of drug-likeness (QED) is 0.357. The lowest BCUT2D eigenvalue weighted by molar-refractivity contribution is -0.126. The lowest BCUT2D eigenvalue weighted by Crippen LogP contribution is -2.51. The largest absolute Gasteiger partial charge is 0.444 e. The molecule has 2 amide bonds. The van der Waals surface area contributed by atoms with Gasteiger partial charge in [-0.3, -0.25) is 9.69 Å². The first-order chi connectivity index (χ1) is 18.9. The molecule has 9 nitrogen and oxygen atoms in total. The Balaban J connectivity index is 1.25. The van der Waals surface area contributed by atoms with Crippen molar-refractivity contribution in [3.8, 4) is 11.3 Å². The lowest BCUT2D eigenvalue weighted by atomic mass is 9.90. The predicted molar refractivity (Wildman–Crippen MR) is 148 cm³/mol. The van der Waals surface area contributed by atoms with Crippen LogP contribution in [0.5, 0.6) is 0 Å². The molecular formula is C28H33ClF2N6O3. The summed E-state index contributed by atoms with van der Waals surface area (Å²) in [6.07, 6.45) is 4.65. The molecule has 2 aliphatic rings. The van der Waals surface area contributed by atoms with Gasteiger partial charge in [0.05, 0.1) is 23.5 Å². The van der Waals surface area contributed by atoms with Gasteiger partial charge in [-0.05, 0) is 52.5 Å². The molecule has 2 unspecified atom stereocenters. The summed E-state index contributed by atoms with van der Waals surface area (Å²) < 4.78 is 33.8. The molecule has 1 aliphatic heterocycles. The number of aromatic nitrogens is 3. The van der Waals surface area contributed by atoms with Crippen LogP contribution in [0.3, 0.4) is 0 Å². The fraction of sp³-hybridized carbons (Fsp3) is 0.500. The maximum absolute atomic E-state index is 14.3. The number of likely N-dealkylation sites (tertiary alicyclic amines) is 1. The van der Waals surface area contributed by atoms with Crippen LogP contribution >= 0.6 is 11.6 Å². The first-order valence-corrected chi connectivity index (χ1v) is 13.8. The van der Waals surface area contributed by atoms with E-state index in [4.69, 9.17) is 16.3 Å². The van der Waals surface area contributed by atoms with E-state index in [0.717, 1.165) is 34.2 Å². The molecular weight excluding hydrogens is 542 g/mol. The lowest BCUT2D eigenvalue weighted by Gasteiger charge is -2.32. The Bertz CT molecular complexity index is 1410. The standard InChI is InChI=1S/C28H33ClF2N6O3/c1-27(2,3)40-26(39)37-15-28(30,31)12-22(37)24(38)34-16-7-6-8-17(11-16)35-25-33-14-20(29)23(36-25)19-13-32-21-10-5-4-9-18(19)21/h4-5,9-10,13-14,16-17,22,32H,6-8,11-12,15H2,1-3H3,(H,34,38)(H,33,35,36)/t16?,17-,22?/m1/s1. The van der Waals surface area contributed by atoms with Crippen LogP contribution in [0.1, 0.15) is 52.9 Å². The number of ether oxygens (including phenoxy) is 1. The highest BCUT2D eigenvalue weighted by Gasteiger charge is 2.51. The number of hydrogen-bond donors (Lipinski definition) is 3. The molecule has 2 fully saturated rings. The minimum Gasteiger partial charge on any atom is -0.444 e. The van der Waals surface area contributed by atoms with E-state index in [1.165, 1.54) is 0 Å². The number of alkyl halides is 2. The van der Waals surface area contributed by atoms with Crippen LogP contribution in [0.25, 0.3) is 22.2 Å². The number of amides is 2. The zero-order valence-electron chi connectivity index (χ0n) is 22.6. The molecule has 3 N–H and O–H groups in total. The van der Waals surface area contributed by atoms with Crippen LogP contribution in [-0.2, 0) is 9.53 Å². The average Bonchev–Trinajstić information content (AvgIpc) is 3.45. The van der Waals surface area contributed by atoms with Gasteiger partial charge >= 0.3 is 6.09 Å². The molecule has 40 heavy (non-hydrogen) atoms. The molecule has 5 rings (SSSR count). The van der Waals surface area contributed by atoms with Crippen LogP contribution in [0.4, 0.5) is 19.5 Å². The van der Waals surface area contributed by atoms with Crippen LogP contribution < -0.4 is 10.6 Å². The number of rotatable bonds is 5. The van der Waals surface area contributed by atoms with E-state index in [1.807, 2.05) is 30.5 Å². The molecule has 1 saturated heterocycles. The van der Waals surface area contributed by atoms with Gasteiger partial charge in [0.2, 0.25) is 11.9 Å². The first kappa shape index (κ1) is 28.1. The summed E-state index contributed by atoms with van der Waals surface area (Å²) in [5.41, 5.74) is 1.57. The van der Waals surface area contributed by atoms with Crippen molar-refractivity contribution < 1.29 is 23.1 Å². The second-order valence-electron chi connectivity index (χ2n) is 11.5. The van der Waals surface area contributed by atoms with Crippen molar-refractivity contribution in [2.75, 3.05) is 11.9 Å². The van der Waals surface area contributed by atoms with Crippen molar-refractivity contribution in [3.05, 3.63) is 41.7 Å². The number of anilines is 1. The summed E-state index contributed by atoms with van der Waals surface area (Å²) in [5.74, 6) is -3.35. The molecule has 1 aromatic carbocycles. The zero-order chi connectivity index (χ0) is 28.7. The summed E-state index contributed by atoms with van der Waals surface area (Å²) in [7, 11) is 0. The molecule has 0 bridgehead atoms. The zero-order valence-corrected chi connectivity index (χ0v) is 23.4. The van der Waals surface area contributed by atoms with E-state index >= 15 is 0 Å². The van der Waals surface area contributed by atoms with Gasteiger partial charge in [-0.2, -0.15) is 0 Å². The highest BCUT2D eigenvalue weighted by molar-refractivity contribution is 6.33. The van der Waals surface area contributed by atoms with Gasteiger partial charge in [0.25, 0.3) is 5.92 Å². The van der Waals surface area contributed by atoms with Gasteiger partial charge in [-0.25, -0.2) is 23.5 Å². The van der Waals surface area contributed by atoms with Gasteiger partial charge in [0.1, 0.15) is 11.6 Å². The summed E-state index contributed by atoms with van der Waals surface area (Å²) in [4.78, 5) is 38.8. The Hall–Kier alpha value is -3.47. The number of halogens is 3. The van der Waals surface area contributed by atoms with Gasteiger partial charge in [-0.1, -0.05) is 29.8 Å². The summed E-state index contributed by atoms with van der Waals surface area (Å²) >= 11 is 6.46. The molecule has 3 atom stereocenters. The average molecular weight is 575 g/mol. The Morgan fingerprint density at radius 1 is 1.20 bits per heavy atom. The molecule has 3 heterocycles. The van der Waals surface area contributed by atoms with Crippen molar-refractivity contribution in [1.82, 2.24) is 25.2 Å². The SMILES string of the molecule is CC(C)(C)OC(=O)N1CC(F)(F)CC1C(=O)NC1CCC[C@@H](Nc2ncc(Cl)c(-c3c[nH]c4ccccc34)n2)C1. The van der Waals surface area contributed by atoms with Crippen molar-refractivity contribution in [3.63, 3.8) is 0 Å². The third kappa shape index (κ3) is 6.29. The fourth-order valence-electron chi connectivity index (χ4n) is 5.39. The highest BCUT2D eigenvalue weighted by atomic mass is 35.5. The van der Waals surface area contributed by atoms with Gasteiger partial charge < -0.3 is 20.4 Å². The number of hydrogen-bond acceptors (Lipinski definition) is 6. The second kappa shape index (κ2) is 10.8. The molecule has 0 spiro atoms. The summed E-state index contributed by atoms with van der Waals surface area (Å²) in [5, 5.41) is 7.66. The molecule has 214 valence electrons. The van der Waals surface area contributed by atoms with Crippen molar-refractivity contribution >= 4 is 40.5 Å². The number of H-pyrrole nitrogens is 1. The Morgan fingerprint density at radius 2 is 1.95 bits per heavy atom. The number of carbonyl (C=O) groups excluding carboxylic acids is 2. The number of fused-ring (bicyclic) bond motifs is 1. The Morgan fingerprint density at radius 3 is 2.73 bits per heavy atom. The number of para-hydroxylation sites is 1. The van der Waals surface area contributed by atoms with Gasteiger partial charge in [0.15, 0.2) is 0 Å². The van der Waals surface area contributed by atoms with E-state index < -0.39 is 42.5 Å². The molecule has 3 aromatic rings. The summed E-state index contributed by atoms with van der Waals surface area (Å²) in [6, 6.07) is 6.26.